The molecule has 0 aliphatic heterocycles. The predicted molar refractivity (Wildman–Crippen MR) is 162 cm³/mol. The zero-order valence-electron chi connectivity index (χ0n) is 22.7. The topological polar surface area (TPSA) is 115 Å². The highest BCUT2D eigenvalue weighted by atomic mass is 35.5. The third kappa shape index (κ3) is 5.25. The van der Waals surface area contributed by atoms with E-state index in [2.05, 4.69) is 38.1 Å². The minimum Gasteiger partial charge on any atom is -0.378 e. The molecule has 5 aromatic rings. The van der Waals surface area contributed by atoms with E-state index in [0.717, 1.165) is 24.0 Å². The number of hydrogen-bond donors (Lipinski definition) is 2. The molecule has 1 aliphatic carbocycles. The van der Waals surface area contributed by atoms with E-state index in [1.807, 2.05) is 55.1 Å². The highest BCUT2D eigenvalue weighted by Gasteiger charge is 2.34. The first-order valence-corrected chi connectivity index (χ1v) is 13.9. The number of rotatable bonds is 9. The molecule has 1 aliphatic rings. The molecule has 1 fully saturated rings. The lowest BCUT2D eigenvalue weighted by atomic mass is 9.69. The molecule has 1 saturated carbocycles. The van der Waals surface area contributed by atoms with Crippen molar-refractivity contribution in [2.24, 2.45) is 0 Å². The molecule has 2 aromatic heterocycles. The number of nitriles is 2. The molecular weight excluding hydrogens is 550 g/mol. The Morgan fingerprint density at radius 2 is 1.88 bits per heavy atom. The number of anilines is 2. The van der Waals surface area contributed by atoms with Crippen molar-refractivity contribution in [2.75, 3.05) is 10.6 Å². The minimum atomic E-state index is -0.904. The van der Waals surface area contributed by atoms with Gasteiger partial charge in [0.25, 0.3) is 0 Å². The van der Waals surface area contributed by atoms with Crippen molar-refractivity contribution in [3.63, 3.8) is 0 Å². The summed E-state index contributed by atoms with van der Waals surface area (Å²) in [4.78, 5) is 4.48. The van der Waals surface area contributed by atoms with Crippen molar-refractivity contribution in [1.82, 2.24) is 20.0 Å². The number of pyridine rings is 1. The molecule has 2 N–H and O–H groups in total. The van der Waals surface area contributed by atoms with Crippen molar-refractivity contribution < 1.29 is 4.39 Å². The average molecular weight is 575 g/mol. The highest BCUT2D eigenvalue weighted by Crippen LogP contribution is 2.39. The molecular formula is C31H25BClFN8. The first kappa shape index (κ1) is 27.3. The summed E-state index contributed by atoms with van der Waals surface area (Å²) in [5, 5.41) is 36.4. The maximum atomic E-state index is 13.9. The number of nitrogens with one attached hydrogen (secondary N) is 2. The van der Waals surface area contributed by atoms with Gasteiger partial charge in [0, 0.05) is 17.3 Å². The van der Waals surface area contributed by atoms with E-state index in [1.54, 1.807) is 18.2 Å². The lowest BCUT2D eigenvalue weighted by Crippen LogP contribution is -2.37. The van der Waals surface area contributed by atoms with Crippen molar-refractivity contribution in [3.8, 4) is 12.1 Å². The Labute approximate surface area is 248 Å². The summed E-state index contributed by atoms with van der Waals surface area (Å²) in [7, 11) is 1.96. The summed E-state index contributed by atoms with van der Waals surface area (Å²) >= 11 is 6.79. The summed E-state index contributed by atoms with van der Waals surface area (Å²) in [6.45, 7) is 0. The molecule has 1 unspecified atom stereocenters. The van der Waals surface area contributed by atoms with Crippen LogP contribution < -0.4 is 10.6 Å². The van der Waals surface area contributed by atoms with Crippen LogP contribution in [-0.2, 0) is 5.44 Å². The minimum absolute atomic E-state index is 0.184. The maximum absolute atomic E-state index is 13.9. The molecule has 206 valence electrons. The van der Waals surface area contributed by atoms with E-state index in [4.69, 9.17) is 11.6 Å². The largest absolute Gasteiger partial charge is 0.378 e. The van der Waals surface area contributed by atoms with Gasteiger partial charge in [-0.25, -0.2) is 9.07 Å². The van der Waals surface area contributed by atoms with Gasteiger partial charge in [0.1, 0.15) is 25.4 Å². The SMILES string of the molecule is BC(Nc1cc(Cl)c2ncc(C#N)c(N[C@@H](CC#N)c3ccccc3)c2c1)(c1ccc(F)cc1)c1cn(C2CC2)nn1. The Bertz CT molecular complexity index is 1840. The van der Waals surface area contributed by atoms with Gasteiger partial charge in [-0.2, -0.15) is 10.5 Å². The predicted octanol–water partition coefficient (Wildman–Crippen LogP) is 5.84. The van der Waals surface area contributed by atoms with E-state index in [1.165, 1.54) is 18.3 Å². The summed E-state index contributed by atoms with van der Waals surface area (Å²) in [6.07, 6.45) is 5.71. The van der Waals surface area contributed by atoms with E-state index in [-0.39, 0.29) is 18.3 Å². The van der Waals surface area contributed by atoms with Gasteiger partial charge in [-0.15, -0.1) is 5.10 Å². The Balaban J connectivity index is 1.46. The second kappa shape index (κ2) is 11.2. The number of benzene rings is 3. The normalized spacial score (nSPS) is 14.9. The van der Waals surface area contributed by atoms with Gasteiger partial charge < -0.3 is 10.6 Å². The van der Waals surface area contributed by atoms with Crippen molar-refractivity contribution in [2.45, 2.75) is 36.8 Å². The average Bonchev–Trinajstić information content (AvgIpc) is 3.73. The van der Waals surface area contributed by atoms with Gasteiger partial charge in [-0.05, 0) is 48.2 Å². The fourth-order valence-electron chi connectivity index (χ4n) is 5.15. The van der Waals surface area contributed by atoms with E-state index < -0.39 is 5.44 Å². The molecule has 2 heterocycles. The molecule has 42 heavy (non-hydrogen) atoms. The number of halogens is 2. The van der Waals surface area contributed by atoms with Crippen molar-refractivity contribution in [1.29, 1.82) is 10.5 Å². The Morgan fingerprint density at radius 3 is 2.57 bits per heavy atom. The van der Waals surface area contributed by atoms with E-state index in [9.17, 15) is 14.9 Å². The second-order valence-electron chi connectivity index (χ2n) is 10.6. The van der Waals surface area contributed by atoms with Crippen LogP contribution in [0.25, 0.3) is 10.9 Å². The van der Waals surface area contributed by atoms with Crippen LogP contribution in [0.3, 0.4) is 0 Å². The summed E-state index contributed by atoms with van der Waals surface area (Å²) in [5.74, 6) is -0.340. The smallest absolute Gasteiger partial charge is 0.148 e. The number of nitrogens with zero attached hydrogens (tertiary/aromatic N) is 6. The van der Waals surface area contributed by atoms with E-state index >= 15 is 0 Å². The van der Waals surface area contributed by atoms with Crippen molar-refractivity contribution >= 4 is 41.7 Å². The monoisotopic (exact) mass is 574 g/mol. The van der Waals surface area contributed by atoms with Gasteiger partial charge in [0.05, 0.1) is 58.0 Å². The molecule has 6 rings (SSSR count). The van der Waals surface area contributed by atoms with Crippen LogP contribution in [0.4, 0.5) is 15.8 Å². The van der Waals surface area contributed by atoms with Gasteiger partial charge in [-0.1, -0.05) is 59.3 Å². The lowest BCUT2D eigenvalue weighted by molar-refractivity contribution is 0.610. The van der Waals surface area contributed by atoms with Gasteiger partial charge in [-0.3, -0.25) is 4.98 Å². The first-order valence-electron chi connectivity index (χ1n) is 13.6. The third-order valence-electron chi connectivity index (χ3n) is 7.62. The zero-order valence-corrected chi connectivity index (χ0v) is 23.5. The van der Waals surface area contributed by atoms with Gasteiger partial charge >= 0.3 is 0 Å². The molecule has 8 nitrogen and oxygen atoms in total. The Kier molecular flexibility index (Phi) is 7.24. The third-order valence-corrected chi connectivity index (χ3v) is 7.91. The molecule has 11 heteroatoms. The lowest BCUT2D eigenvalue weighted by Gasteiger charge is -2.31. The summed E-state index contributed by atoms with van der Waals surface area (Å²) in [6, 6.07) is 23.9. The fourth-order valence-corrected chi connectivity index (χ4v) is 5.42. The standard InChI is InChI=1S/C31H25BClFN8/c32-31(21-6-8-22(34)9-7-21,28-18-42(41-40-28)24-10-11-24)39-23-14-25-29(20(16-36)17-37-30(25)26(33)15-23)38-27(12-13-35)19-4-2-1-3-5-19/h1-9,14-15,17-18,24,27,39H,10-12,32H2,(H,37,38)/t27-,31?/m0/s1. The number of hydrogen-bond acceptors (Lipinski definition) is 7. The molecule has 3 aromatic carbocycles. The molecule has 0 bridgehead atoms. The van der Waals surface area contributed by atoms with Crippen molar-refractivity contribution in [3.05, 3.63) is 112 Å². The van der Waals surface area contributed by atoms with Crippen LogP contribution in [-0.4, -0.2) is 27.8 Å². The van der Waals surface area contributed by atoms with Crippen LogP contribution in [0.2, 0.25) is 5.02 Å². The van der Waals surface area contributed by atoms with Crippen LogP contribution in [0.5, 0.6) is 0 Å². The zero-order chi connectivity index (χ0) is 29.3. The number of aromatic nitrogens is 4. The van der Waals surface area contributed by atoms with Crippen LogP contribution in [0, 0.1) is 28.5 Å². The summed E-state index contributed by atoms with van der Waals surface area (Å²) < 4.78 is 15.8. The van der Waals surface area contributed by atoms with Crippen LogP contribution in [0.15, 0.2) is 79.1 Å². The molecule has 0 amide bonds. The molecule has 2 atom stereocenters. The molecule has 0 saturated heterocycles. The molecule has 0 radical (unpaired) electrons. The Hall–Kier alpha value is -4.93. The van der Waals surface area contributed by atoms with Crippen LogP contribution >= 0.6 is 11.6 Å². The van der Waals surface area contributed by atoms with Gasteiger partial charge in [0.15, 0.2) is 0 Å². The summed E-state index contributed by atoms with van der Waals surface area (Å²) in [5.41, 5.74) is 3.45. The Morgan fingerprint density at radius 1 is 1.12 bits per heavy atom. The number of fused-ring (bicyclic) bond motifs is 1. The maximum Gasteiger partial charge on any atom is 0.148 e. The van der Waals surface area contributed by atoms with E-state index in [0.29, 0.717) is 44.6 Å². The van der Waals surface area contributed by atoms with Crippen LogP contribution in [0.1, 0.15) is 53.7 Å². The first-order chi connectivity index (χ1) is 20.4. The molecule has 0 spiro atoms. The fraction of sp³-hybridized carbons (Fsp3) is 0.194. The van der Waals surface area contributed by atoms with Gasteiger partial charge in [0.2, 0.25) is 0 Å². The highest BCUT2D eigenvalue weighted by molar-refractivity contribution is 6.36. The second-order valence-corrected chi connectivity index (χ2v) is 11.0. The quantitative estimate of drug-likeness (QED) is 0.213.